The number of halogens is 1. The van der Waals surface area contributed by atoms with Crippen molar-refractivity contribution in [1.82, 2.24) is 4.84 Å². The van der Waals surface area contributed by atoms with Crippen LogP contribution in [0.4, 0.5) is 0 Å². The van der Waals surface area contributed by atoms with Crippen molar-refractivity contribution in [3.8, 4) is 0 Å². The number of amides is 1. The molecule has 3 nitrogen and oxygen atoms in total. The number of nitrogens with one attached hydrogen (secondary N) is 1. The van der Waals surface area contributed by atoms with Crippen molar-refractivity contribution in [2.24, 2.45) is 0 Å². The quantitative estimate of drug-likeness (QED) is 0.626. The molecule has 0 atom stereocenters. The summed E-state index contributed by atoms with van der Waals surface area (Å²) in [7, 11) is 0. The lowest BCUT2D eigenvalue weighted by Gasteiger charge is -1.94. The first kappa shape index (κ1) is 9.94. The molecular weight excluding hydrogens is 166 g/mol. The minimum absolute atomic E-state index is 0. The number of benzene rings is 1. The highest BCUT2D eigenvalue weighted by Crippen LogP contribution is 1.97. The largest absolute Gasteiger partial charge is 0.412 e. The first-order valence-corrected chi connectivity index (χ1v) is 3.18. The van der Waals surface area contributed by atoms with Crippen molar-refractivity contribution in [3.05, 3.63) is 35.9 Å². The molecule has 4 heteroatoms. The van der Waals surface area contributed by atoms with Gasteiger partial charge < -0.3 is 5.48 Å². The highest BCUT2D eigenvalue weighted by molar-refractivity contribution is 6.24. The van der Waals surface area contributed by atoms with Crippen LogP contribution < -0.4 is 4.84 Å². The van der Waals surface area contributed by atoms with Crippen LogP contribution in [0.5, 0.6) is 0 Å². The minimum atomic E-state index is -0.276. The monoisotopic (exact) mass is 173 g/mol. The Kier molecular flexibility index (Phi) is 4.26. The van der Waals surface area contributed by atoms with Gasteiger partial charge in [0.05, 0.1) is 0 Å². The van der Waals surface area contributed by atoms with Crippen LogP contribution in [-0.2, 0) is 0 Å². The first-order valence-electron chi connectivity index (χ1n) is 2.80. The van der Waals surface area contributed by atoms with E-state index in [-0.39, 0.29) is 11.4 Å². The van der Waals surface area contributed by atoms with Gasteiger partial charge in [0.2, 0.25) is 0 Å². The fraction of sp³-hybridized carbons (Fsp3) is 0. The Morgan fingerprint density at radius 2 is 1.82 bits per heavy atom. The third-order valence-corrected chi connectivity index (χ3v) is 1.29. The lowest BCUT2D eigenvalue weighted by Crippen LogP contribution is -2.11. The number of carbonyl (C=O) groups is 1. The molecule has 0 aliphatic carbocycles. The molecule has 0 aromatic heterocycles. The Morgan fingerprint density at radius 1 is 1.27 bits per heavy atom. The van der Waals surface area contributed by atoms with E-state index in [2.05, 4.69) is 0 Å². The molecule has 0 saturated heterocycles. The SMILES string of the molecule is O.O=C(NCl)c1ccccc1. The molecular formula is C7H8ClNO2. The van der Waals surface area contributed by atoms with E-state index < -0.39 is 0 Å². The average molecular weight is 174 g/mol. The van der Waals surface area contributed by atoms with Crippen LogP contribution in [0, 0.1) is 0 Å². The van der Waals surface area contributed by atoms with Crippen LogP contribution in [0.15, 0.2) is 30.3 Å². The highest BCUT2D eigenvalue weighted by Gasteiger charge is 1.99. The Balaban J connectivity index is 0.000001000. The molecule has 0 radical (unpaired) electrons. The lowest BCUT2D eigenvalue weighted by molar-refractivity contribution is 0.0982. The van der Waals surface area contributed by atoms with Gasteiger partial charge in [0.15, 0.2) is 0 Å². The van der Waals surface area contributed by atoms with Gasteiger partial charge in [-0.05, 0) is 12.1 Å². The molecule has 3 N–H and O–H groups in total. The molecule has 1 amide bonds. The molecule has 1 aromatic carbocycles. The molecule has 60 valence electrons. The van der Waals surface area contributed by atoms with Crippen molar-refractivity contribution in [1.29, 1.82) is 0 Å². The maximum absolute atomic E-state index is 10.8. The summed E-state index contributed by atoms with van der Waals surface area (Å²) in [6.45, 7) is 0. The second kappa shape index (κ2) is 4.71. The van der Waals surface area contributed by atoms with E-state index in [0.29, 0.717) is 5.56 Å². The summed E-state index contributed by atoms with van der Waals surface area (Å²) >= 11 is 5.09. The van der Waals surface area contributed by atoms with E-state index in [9.17, 15) is 4.79 Å². The standard InChI is InChI=1S/C7H6ClNO.H2O/c8-9-7(10)6-4-2-1-3-5-6;/h1-5H,(H,9,10);1H2. The predicted molar refractivity (Wildman–Crippen MR) is 43.4 cm³/mol. The van der Waals surface area contributed by atoms with Gasteiger partial charge in [-0.1, -0.05) is 18.2 Å². The van der Waals surface area contributed by atoms with E-state index in [0.717, 1.165) is 0 Å². The highest BCUT2D eigenvalue weighted by atomic mass is 35.5. The molecule has 0 fully saturated rings. The van der Waals surface area contributed by atoms with Crippen molar-refractivity contribution < 1.29 is 10.3 Å². The van der Waals surface area contributed by atoms with Gasteiger partial charge in [-0.15, -0.1) is 0 Å². The van der Waals surface area contributed by atoms with Crippen LogP contribution in [0.25, 0.3) is 0 Å². The second-order valence-electron chi connectivity index (χ2n) is 1.79. The van der Waals surface area contributed by atoms with Crippen LogP contribution in [-0.4, -0.2) is 11.4 Å². The summed E-state index contributed by atoms with van der Waals surface area (Å²) in [5.74, 6) is -0.276. The van der Waals surface area contributed by atoms with Gasteiger partial charge in [-0.2, -0.15) is 0 Å². The molecule has 0 aliphatic rings. The van der Waals surface area contributed by atoms with Gasteiger partial charge >= 0.3 is 0 Å². The Bertz CT molecular complexity index is 225. The second-order valence-corrected chi connectivity index (χ2v) is 1.98. The first-order chi connectivity index (χ1) is 4.84. The normalized spacial score (nSPS) is 8.09. The molecule has 1 aromatic rings. The van der Waals surface area contributed by atoms with Crippen LogP contribution >= 0.6 is 11.8 Å². The van der Waals surface area contributed by atoms with Crippen LogP contribution in [0.2, 0.25) is 0 Å². The lowest BCUT2D eigenvalue weighted by atomic mass is 10.2. The van der Waals surface area contributed by atoms with Gasteiger partial charge in [-0.25, -0.2) is 0 Å². The van der Waals surface area contributed by atoms with Gasteiger partial charge in [-0.3, -0.25) is 9.63 Å². The Morgan fingerprint density at radius 3 is 2.27 bits per heavy atom. The fourth-order valence-electron chi connectivity index (χ4n) is 0.644. The summed E-state index contributed by atoms with van der Waals surface area (Å²) < 4.78 is 0. The van der Waals surface area contributed by atoms with E-state index in [4.69, 9.17) is 11.8 Å². The third kappa shape index (κ3) is 2.57. The molecule has 0 heterocycles. The van der Waals surface area contributed by atoms with E-state index in [1.54, 1.807) is 24.3 Å². The summed E-state index contributed by atoms with van der Waals surface area (Å²) in [5, 5.41) is 0. The third-order valence-electron chi connectivity index (χ3n) is 1.12. The number of hydrogen-bond donors (Lipinski definition) is 1. The van der Waals surface area contributed by atoms with E-state index in [1.807, 2.05) is 10.9 Å². The zero-order valence-electron chi connectivity index (χ0n) is 5.67. The summed E-state index contributed by atoms with van der Waals surface area (Å²) in [6.07, 6.45) is 0. The van der Waals surface area contributed by atoms with Crippen molar-refractivity contribution in [3.63, 3.8) is 0 Å². The zero-order valence-corrected chi connectivity index (χ0v) is 6.43. The number of carbonyl (C=O) groups excluding carboxylic acids is 1. The molecule has 1 rings (SSSR count). The molecule has 0 bridgehead atoms. The van der Waals surface area contributed by atoms with Gasteiger partial charge in [0.1, 0.15) is 0 Å². The van der Waals surface area contributed by atoms with Crippen LogP contribution in [0.1, 0.15) is 10.4 Å². The average Bonchev–Trinajstić information content (AvgIpc) is 2.05. The van der Waals surface area contributed by atoms with Crippen molar-refractivity contribution in [2.45, 2.75) is 0 Å². The fourth-order valence-corrected chi connectivity index (χ4v) is 0.753. The molecule has 0 spiro atoms. The topological polar surface area (TPSA) is 60.6 Å². The smallest absolute Gasteiger partial charge is 0.265 e. The summed E-state index contributed by atoms with van der Waals surface area (Å²) in [5.41, 5.74) is 0.567. The molecule has 0 saturated carbocycles. The maximum Gasteiger partial charge on any atom is 0.265 e. The molecule has 0 aliphatic heterocycles. The maximum atomic E-state index is 10.8. The summed E-state index contributed by atoms with van der Waals surface area (Å²) in [6, 6.07) is 8.78. The molecule has 11 heavy (non-hydrogen) atoms. The molecule has 0 unspecified atom stereocenters. The Hall–Kier alpha value is -1.06. The minimum Gasteiger partial charge on any atom is -0.412 e. The van der Waals surface area contributed by atoms with Crippen molar-refractivity contribution in [2.75, 3.05) is 0 Å². The zero-order chi connectivity index (χ0) is 7.40. The number of hydrogen-bond acceptors (Lipinski definition) is 1. The Labute approximate surface area is 69.4 Å². The van der Waals surface area contributed by atoms with Gasteiger partial charge in [0, 0.05) is 17.3 Å². The van der Waals surface area contributed by atoms with E-state index in [1.165, 1.54) is 0 Å². The number of rotatable bonds is 1. The van der Waals surface area contributed by atoms with Crippen molar-refractivity contribution >= 4 is 17.7 Å². The van der Waals surface area contributed by atoms with E-state index >= 15 is 0 Å². The van der Waals surface area contributed by atoms with Crippen LogP contribution in [0.3, 0.4) is 0 Å². The predicted octanol–water partition coefficient (Wildman–Crippen LogP) is 0.746. The van der Waals surface area contributed by atoms with Gasteiger partial charge in [0.25, 0.3) is 5.91 Å². The summed E-state index contributed by atoms with van der Waals surface area (Å²) in [4.78, 5) is 12.8.